The minimum absolute atomic E-state index is 0.612. The highest BCUT2D eigenvalue weighted by Gasteiger charge is 2.22. The van der Waals surface area contributed by atoms with Gasteiger partial charge in [-0.2, -0.15) is 8.78 Å². The summed E-state index contributed by atoms with van der Waals surface area (Å²) in [6.45, 7) is 2.29. The Kier molecular flexibility index (Phi) is 12.5. The zero-order valence-electron chi connectivity index (χ0n) is 21.1. The molecule has 0 aliphatic heterocycles. The Morgan fingerprint density at radius 1 is 0.706 bits per heavy atom. The van der Waals surface area contributed by atoms with E-state index in [0.29, 0.717) is 16.7 Å². The molecule has 2 aromatic rings. The molecular weight excluding hydrogens is 442 g/mol. The van der Waals surface area contributed by atoms with Crippen molar-refractivity contribution in [2.45, 2.75) is 120 Å². The van der Waals surface area contributed by atoms with Crippen LogP contribution in [0.2, 0.25) is 0 Å². The van der Waals surface area contributed by atoms with Gasteiger partial charge in [-0.3, -0.25) is 0 Å². The number of hydrogen-bond acceptors (Lipinski definition) is 1. The number of halogens is 2. The van der Waals surface area contributed by atoms with Gasteiger partial charge in [0.2, 0.25) is 0 Å². The molecule has 0 heterocycles. The summed E-state index contributed by atoms with van der Waals surface area (Å²) in [4.78, 5) is 0.635. The van der Waals surface area contributed by atoms with Gasteiger partial charge in [-0.15, -0.1) is 0 Å². The van der Waals surface area contributed by atoms with Crippen molar-refractivity contribution in [1.82, 2.24) is 0 Å². The first-order chi connectivity index (χ1) is 16.6. The lowest BCUT2D eigenvalue weighted by atomic mass is 9.77. The molecule has 1 aliphatic carbocycles. The lowest BCUT2D eigenvalue weighted by Crippen LogP contribution is -2.13. The zero-order valence-corrected chi connectivity index (χ0v) is 21.9. The molecule has 1 aliphatic rings. The maximum Gasteiger partial charge on any atom is 0.288 e. The third-order valence-corrected chi connectivity index (χ3v) is 8.34. The SMILES string of the molecule is CCCCCCCCCCC1CCC(c2ccc(CCc3ccc(SC(F)F)cc3)cc2)CC1. The molecule has 0 spiro atoms. The summed E-state index contributed by atoms with van der Waals surface area (Å²) in [5, 5.41) is 0. The van der Waals surface area contributed by atoms with E-state index >= 15 is 0 Å². The van der Waals surface area contributed by atoms with Crippen LogP contribution in [0.3, 0.4) is 0 Å². The topological polar surface area (TPSA) is 0 Å². The molecule has 3 heteroatoms. The fourth-order valence-electron chi connectivity index (χ4n) is 5.43. The van der Waals surface area contributed by atoms with Crippen molar-refractivity contribution in [3.05, 3.63) is 65.2 Å². The summed E-state index contributed by atoms with van der Waals surface area (Å²) < 4.78 is 24.9. The number of thioether (sulfide) groups is 1. The lowest BCUT2D eigenvalue weighted by molar-refractivity contribution is 0.252. The predicted molar refractivity (Wildman–Crippen MR) is 144 cm³/mol. The van der Waals surface area contributed by atoms with Gasteiger partial charge in [0.1, 0.15) is 0 Å². The Morgan fingerprint density at radius 3 is 1.79 bits per heavy atom. The van der Waals surface area contributed by atoms with Crippen molar-refractivity contribution in [1.29, 1.82) is 0 Å². The second-order valence-corrected chi connectivity index (χ2v) is 11.3. The van der Waals surface area contributed by atoms with Crippen LogP contribution < -0.4 is 0 Å². The first kappa shape index (κ1) is 27.2. The Labute approximate surface area is 211 Å². The molecule has 1 saturated carbocycles. The van der Waals surface area contributed by atoms with E-state index in [9.17, 15) is 8.78 Å². The van der Waals surface area contributed by atoms with Crippen molar-refractivity contribution >= 4 is 11.8 Å². The van der Waals surface area contributed by atoms with Gasteiger partial charge < -0.3 is 0 Å². The van der Waals surface area contributed by atoms with E-state index in [0.717, 1.165) is 24.7 Å². The number of benzene rings is 2. The molecule has 0 aromatic heterocycles. The average molecular weight is 487 g/mol. The Balaban J connectivity index is 1.31. The van der Waals surface area contributed by atoms with Gasteiger partial charge in [0.25, 0.3) is 5.76 Å². The highest BCUT2D eigenvalue weighted by molar-refractivity contribution is 7.99. The molecule has 0 amide bonds. The third-order valence-electron chi connectivity index (χ3n) is 7.61. The van der Waals surface area contributed by atoms with Gasteiger partial charge in [0, 0.05) is 4.90 Å². The van der Waals surface area contributed by atoms with E-state index in [4.69, 9.17) is 0 Å². The van der Waals surface area contributed by atoms with Crippen molar-refractivity contribution < 1.29 is 8.78 Å². The number of rotatable bonds is 15. The Hall–Kier alpha value is -1.35. The van der Waals surface area contributed by atoms with Crippen LogP contribution in [0.15, 0.2) is 53.4 Å². The molecule has 0 nitrogen and oxygen atoms in total. The van der Waals surface area contributed by atoms with Crippen LogP contribution in [0, 0.1) is 5.92 Å². The molecule has 0 saturated heterocycles. The molecule has 0 atom stereocenters. The molecule has 3 rings (SSSR count). The Morgan fingerprint density at radius 2 is 1.24 bits per heavy atom. The van der Waals surface area contributed by atoms with E-state index in [1.165, 1.54) is 100 Å². The van der Waals surface area contributed by atoms with E-state index in [-0.39, 0.29) is 0 Å². The predicted octanol–water partition coefficient (Wildman–Crippen LogP) is 10.6. The number of unbranched alkanes of at least 4 members (excludes halogenated alkanes) is 7. The zero-order chi connectivity index (χ0) is 24.0. The fourth-order valence-corrected chi connectivity index (χ4v) is 5.93. The van der Waals surface area contributed by atoms with Gasteiger partial charge in [0.15, 0.2) is 0 Å². The van der Waals surface area contributed by atoms with E-state index in [1.54, 1.807) is 12.1 Å². The molecule has 2 aromatic carbocycles. The van der Waals surface area contributed by atoms with Crippen molar-refractivity contribution in [2.24, 2.45) is 5.92 Å². The normalized spacial score (nSPS) is 18.5. The van der Waals surface area contributed by atoms with Crippen LogP contribution in [0.4, 0.5) is 8.78 Å². The molecule has 0 bridgehead atoms. The number of hydrogen-bond donors (Lipinski definition) is 0. The van der Waals surface area contributed by atoms with Crippen molar-refractivity contribution in [3.8, 4) is 0 Å². The highest BCUT2D eigenvalue weighted by atomic mass is 32.2. The highest BCUT2D eigenvalue weighted by Crippen LogP contribution is 2.38. The van der Waals surface area contributed by atoms with Gasteiger partial charge in [-0.25, -0.2) is 0 Å². The quantitative estimate of drug-likeness (QED) is 0.178. The molecule has 188 valence electrons. The van der Waals surface area contributed by atoms with E-state index < -0.39 is 5.76 Å². The fraction of sp³-hybridized carbons (Fsp3) is 0.613. The molecule has 0 radical (unpaired) electrons. The van der Waals surface area contributed by atoms with Crippen LogP contribution in [-0.2, 0) is 12.8 Å². The first-order valence-corrected chi connectivity index (χ1v) is 14.6. The molecule has 34 heavy (non-hydrogen) atoms. The monoisotopic (exact) mass is 486 g/mol. The number of aryl methyl sites for hydroxylation is 2. The van der Waals surface area contributed by atoms with Crippen molar-refractivity contribution in [2.75, 3.05) is 0 Å². The van der Waals surface area contributed by atoms with Gasteiger partial charge in [-0.1, -0.05) is 113 Å². The summed E-state index contributed by atoms with van der Waals surface area (Å²) in [5.74, 6) is -0.654. The molecule has 0 N–H and O–H groups in total. The summed E-state index contributed by atoms with van der Waals surface area (Å²) >= 11 is 0.612. The van der Waals surface area contributed by atoms with Crippen molar-refractivity contribution in [3.63, 3.8) is 0 Å². The first-order valence-electron chi connectivity index (χ1n) is 13.8. The average Bonchev–Trinajstić information content (AvgIpc) is 2.86. The maximum atomic E-state index is 12.5. The molecule has 1 fully saturated rings. The third kappa shape index (κ3) is 10.1. The standard InChI is InChI=1S/C31H44F2S/c1-2-3-4-5-6-7-8-9-10-25-13-19-28(20-14-25)29-21-15-26(16-22-29)11-12-27-17-23-30(24-18-27)34-31(32)33/h15-18,21-25,28,31H,2-14,19-20H2,1H3. The summed E-state index contributed by atoms with van der Waals surface area (Å²) in [7, 11) is 0. The minimum Gasteiger partial charge on any atom is -0.198 e. The van der Waals surface area contributed by atoms with Gasteiger partial charge >= 0.3 is 0 Å². The van der Waals surface area contributed by atoms with Gasteiger partial charge in [-0.05, 0) is 79.2 Å². The largest absolute Gasteiger partial charge is 0.288 e. The number of alkyl halides is 2. The Bertz CT molecular complexity index is 776. The minimum atomic E-state index is -2.35. The second-order valence-electron chi connectivity index (χ2n) is 10.2. The maximum absolute atomic E-state index is 12.5. The summed E-state index contributed by atoms with van der Waals surface area (Å²) in [6.07, 6.45) is 20.3. The lowest BCUT2D eigenvalue weighted by Gasteiger charge is -2.29. The molecule has 0 unspecified atom stereocenters. The van der Waals surface area contributed by atoms with Crippen LogP contribution in [0.5, 0.6) is 0 Å². The summed E-state index contributed by atoms with van der Waals surface area (Å²) in [5.41, 5.74) is 4.08. The van der Waals surface area contributed by atoms with Gasteiger partial charge in [0.05, 0.1) is 0 Å². The van der Waals surface area contributed by atoms with E-state index in [1.807, 2.05) is 12.1 Å². The van der Waals surface area contributed by atoms with Crippen LogP contribution in [0.25, 0.3) is 0 Å². The van der Waals surface area contributed by atoms with Crippen LogP contribution in [-0.4, -0.2) is 5.76 Å². The summed E-state index contributed by atoms with van der Waals surface area (Å²) in [6, 6.07) is 16.9. The second kappa shape index (κ2) is 15.6. The van der Waals surface area contributed by atoms with E-state index in [2.05, 4.69) is 31.2 Å². The van der Waals surface area contributed by atoms with Crippen LogP contribution >= 0.6 is 11.8 Å². The van der Waals surface area contributed by atoms with Crippen LogP contribution in [0.1, 0.15) is 113 Å². The smallest absolute Gasteiger partial charge is 0.198 e. The molecular formula is C31H44F2S.